The van der Waals surface area contributed by atoms with Crippen molar-refractivity contribution in [2.75, 3.05) is 0 Å². The van der Waals surface area contributed by atoms with Gasteiger partial charge in [0.05, 0.1) is 6.10 Å². The third kappa shape index (κ3) is 4.94. The molecule has 1 unspecified atom stereocenters. The van der Waals surface area contributed by atoms with Gasteiger partial charge in [-0.3, -0.25) is 0 Å². The summed E-state index contributed by atoms with van der Waals surface area (Å²) in [6.45, 7) is 2.28. The van der Waals surface area contributed by atoms with Gasteiger partial charge in [0, 0.05) is 0 Å². The molecule has 0 aromatic heterocycles. The van der Waals surface area contributed by atoms with Crippen LogP contribution in [0, 0.1) is 11.8 Å². The summed E-state index contributed by atoms with van der Waals surface area (Å²) in [5.74, 6) is 1.51. The van der Waals surface area contributed by atoms with E-state index in [2.05, 4.69) is 37.3 Å². The predicted molar refractivity (Wildman–Crippen MR) is 85.7 cm³/mol. The van der Waals surface area contributed by atoms with Crippen molar-refractivity contribution in [1.29, 1.82) is 0 Å². The molecule has 0 saturated heterocycles. The molecule has 1 fully saturated rings. The quantitative estimate of drug-likeness (QED) is 0.743. The van der Waals surface area contributed by atoms with Gasteiger partial charge in [-0.25, -0.2) is 0 Å². The Labute approximate surface area is 124 Å². The average Bonchev–Trinajstić information content (AvgIpc) is 2.49. The van der Waals surface area contributed by atoms with E-state index in [1.165, 1.54) is 44.1 Å². The summed E-state index contributed by atoms with van der Waals surface area (Å²) in [5, 5.41) is 10.4. The minimum atomic E-state index is -0.0683. The van der Waals surface area contributed by atoms with Crippen LogP contribution in [-0.4, -0.2) is 11.2 Å². The molecule has 0 heterocycles. The maximum absolute atomic E-state index is 10.4. The molecule has 0 bridgehead atoms. The Kier molecular flexibility index (Phi) is 6.59. The van der Waals surface area contributed by atoms with Crippen LogP contribution in [0.2, 0.25) is 0 Å². The molecule has 0 amide bonds. The first-order valence-corrected chi connectivity index (χ1v) is 8.51. The Morgan fingerprint density at radius 3 is 2.45 bits per heavy atom. The molecule has 112 valence electrons. The molecule has 1 aromatic rings. The number of hydrogen-bond donors (Lipinski definition) is 1. The summed E-state index contributed by atoms with van der Waals surface area (Å²) in [6.07, 6.45) is 11.0. The highest BCUT2D eigenvalue weighted by Gasteiger charge is 2.25. The van der Waals surface area contributed by atoms with Crippen LogP contribution in [0.4, 0.5) is 0 Å². The van der Waals surface area contributed by atoms with E-state index < -0.39 is 0 Å². The number of rotatable bonds is 7. The third-order valence-electron chi connectivity index (χ3n) is 4.94. The molecule has 1 aliphatic carbocycles. The maximum atomic E-state index is 10.4. The molecule has 0 aliphatic heterocycles. The van der Waals surface area contributed by atoms with E-state index in [4.69, 9.17) is 0 Å². The van der Waals surface area contributed by atoms with E-state index >= 15 is 0 Å². The van der Waals surface area contributed by atoms with E-state index in [1.54, 1.807) is 0 Å². The second kappa shape index (κ2) is 8.46. The Balaban J connectivity index is 1.64. The van der Waals surface area contributed by atoms with Crippen molar-refractivity contribution >= 4 is 0 Å². The van der Waals surface area contributed by atoms with E-state index in [1.807, 2.05) is 0 Å². The lowest BCUT2D eigenvalue weighted by Crippen LogP contribution is -2.25. The van der Waals surface area contributed by atoms with Gasteiger partial charge in [0.1, 0.15) is 0 Å². The molecule has 1 aliphatic rings. The van der Waals surface area contributed by atoms with Crippen LogP contribution in [-0.2, 0) is 6.42 Å². The van der Waals surface area contributed by atoms with Gasteiger partial charge in [-0.15, -0.1) is 0 Å². The smallest absolute Gasteiger partial charge is 0.0568 e. The van der Waals surface area contributed by atoms with Crippen molar-refractivity contribution in [3.05, 3.63) is 35.9 Å². The largest absolute Gasteiger partial charge is 0.393 e. The molecular formula is C19H30O. The molecule has 1 heteroatoms. The minimum absolute atomic E-state index is 0.0683. The van der Waals surface area contributed by atoms with Gasteiger partial charge < -0.3 is 5.11 Å². The van der Waals surface area contributed by atoms with E-state index in [0.717, 1.165) is 25.2 Å². The molecule has 0 radical (unpaired) electrons. The van der Waals surface area contributed by atoms with Crippen LogP contribution >= 0.6 is 0 Å². The summed E-state index contributed by atoms with van der Waals surface area (Å²) < 4.78 is 0. The maximum Gasteiger partial charge on any atom is 0.0568 e. The molecule has 1 atom stereocenters. The molecule has 1 aromatic carbocycles. The Morgan fingerprint density at radius 2 is 1.80 bits per heavy atom. The highest BCUT2D eigenvalue weighted by atomic mass is 16.3. The van der Waals surface area contributed by atoms with E-state index in [9.17, 15) is 5.11 Å². The van der Waals surface area contributed by atoms with Crippen molar-refractivity contribution in [2.45, 2.75) is 70.8 Å². The summed E-state index contributed by atoms with van der Waals surface area (Å²) in [7, 11) is 0. The van der Waals surface area contributed by atoms with Crippen LogP contribution in [0.25, 0.3) is 0 Å². The average molecular weight is 274 g/mol. The predicted octanol–water partition coefficient (Wildman–Crippen LogP) is 4.98. The van der Waals surface area contributed by atoms with Crippen LogP contribution in [0.1, 0.15) is 63.9 Å². The first-order chi connectivity index (χ1) is 9.79. The number of aliphatic hydroxyl groups is 1. The summed E-state index contributed by atoms with van der Waals surface area (Å²) >= 11 is 0. The summed E-state index contributed by atoms with van der Waals surface area (Å²) in [6, 6.07) is 10.6. The van der Waals surface area contributed by atoms with Crippen molar-refractivity contribution in [3.8, 4) is 0 Å². The molecule has 20 heavy (non-hydrogen) atoms. The van der Waals surface area contributed by atoms with Gasteiger partial charge in [-0.05, 0) is 49.5 Å². The third-order valence-corrected chi connectivity index (χ3v) is 4.94. The van der Waals surface area contributed by atoms with Crippen molar-refractivity contribution in [1.82, 2.24) is 0 Å². The van der Waals surface area contributed by atoms with Gasteiger partial charge in [0.15, 0.2) is 0 Å². The van der Waals surface area contributed by atoms with Crippen LogP contribution in [0.3, 0.4) is 0 Å². The lowest BCUT2D eigenvalue weighted by molar-refractivity contribution is 0.0642. The first kappa shape index (κ1) is 15.6. The standard InChI is InChI=1S/C19H30O/c1-2-7-16-12-14-18(15-13-16)19(20)11-6-10-17-8-4-3-5-9-17/h3-5,8-9,16,18-20H,2,6-7,10-15H2,1H3. The Hall–Kier alpha value is -0.820. The van der Waals surface area contributed by atoms with Gasteiger partial charge in [0.25, 0.3) is 0 Å². The number of aryl methyl sites for hydroxylation is 1. The fourth-order valence-electron chi connectivity index (χ4n) is 3.67. The zero-order valence-electron chi connectivity index (χ0n) is 12.9. The fraction of sp³-hybridized carbons (Fsp3) is 0.684. The molecular weight excluding hydrogens is 244 g/mol. The highest BCUT2D eigenvalue weighted by molar-refractivity contribution is 5.14. The fourth-order valence-corrected chi connectivity index (χ4v) is 3.67. The summed E-state index contributed by atoms with van der Waals surface area (Å²) in [4.78, 5) is 0. The van der Waals surface area contributed by atoms with Crippen LogP contribution in [0.5, 0.6) is 0 Å². The van der Waals surface area contributed by atoms with Crippen molar-refractivity contribution in [2.24, 2.45) is 11.8 Å². The van der Waals surface area contributed by atoms with E-state index in [-0.39, 0.29) is 6.10 Å². The molecule has 0 spiro atoms. The molecule has 1 nitrogen and oxygen atoms in total. The lowest BCUT2D eigenvalue weighted by atomic mass is 9.77. The monoisotopic (exact) mass is 274 g/mol. The first-order valence-electron chi connectivity index (χ1n) is 8.51. The normalized spacial score (nSPS) is 24.5. The van der Waals surface area contributed by atoms with Crippen molar-refractivity contribution in [3.63, 3.8) is 0 Å². The molecule has 1 N–H and O–H groups in total. The molecule has 1 saturated carbocycles. The Morgan fingerprint density at radius 1 is 1.10 bits per heavy atom. The number of aliphatic hydroxyl groups excluding tert-OH is 1. The Bertz CT molecular complexity index is 351. The second-order valence-electron chi connectivity index (χ2n) is 6.51. The number of benzene rings is 1. The molecule has 2 rings (SSSR count). The van der Waals surface area contributed by atoms with Gasteiger partial charge in [-0.1, -0.05) is 62.9 Å². The minimum Gasteiger partial charge on any atom is -0.393 e. The SMILES string of the molecule is CCCC1CCC(C(O)CCCc2ccccc2)CC1. The zero-order chi connectivity index (χ0) is 14.2. The topological polar surface area (TPSA) is 20.2 Å². The van der Waals surface area contributed by atoms with Gasteiger partial charge in [0.2, 0.25) is 0 Å². The summed E-state index contributed by atoms with van der Waals surface area (Å²) in [5.41, 5.74) is 1.39. The van der Waals surface area contributed by atoms with Crippen molar-refractivity contribution < 1.29 is 5.11 Å². The highest BCUT2D eigenvalue weighted by Crippen LogP contribution is 2.34. The van der Waals surface area contributed by atoms with Gasteiger partial charge >= 0.3 is 0 Å². The van der Waals surface area contributed by atoms with E-state index in [0.29, 0.717) is 5.92 Å². The van der Waals surface area contributed by atoms with Crippen LogP contribution in [0.15, 0.2) is 30.3 Å². The second-order valence-corrected chi connectivity index (χ2v) is 6.51. The zero-order valence-corrected chi connectivity index (χ0v) is 12.9. The number of hydrogen-bond acceptors (Lipinski definition) is 1. The van der Waals surface area contributed by atoms with Gasteiger partial charge in [-0.2, -0.15) is 0 Å². The van der Waals surface area contributed by atoms with Crippen LogP contribution < -0.4 is 0 Å². The lowest BCUT2D eigenvalue weighted by Gasteiger charge is -2.31.